The molecule has 0 bridgehead atoms. The van der Waals surface area contributed by atoms with Crippen LogP contribution in [0, 0.1) is 0 Å². The minimum Gasteiger partial charge on any atom is -0.496 e. The second-order valence-corrected chi connectivity index (χ2v) is 9.29. The lowest BCUT2D eigenvalue weighted by Gasteiger charge is -2.24. The number of amides is 1. The van der Waals surface area contributed by atoms with Gasteiger partial charge in [-0.05, 0) is 35.4 Å². The topological polar surface area (TPSA) is 126 Å². The van der Waals surface area contributed by atoms with E-state index in [1.165, 1.54) is 38.6 Å². The molecule has 0 aliphatic heterocycles. The molecule has 0 radical (unpaired) electrons. The Morgan fingerprint density at radius 2 is 1.91 bits per heavy atom. The monoisotopic (exact) mass is 460 g/mol. The fourth-order valence-corrected chi connectivity index (χ4v) is 5.04. The number of ether oxygens (including phenoxy) is 2. The van der Waals surface area contributed by atoms with E-state index in [1.54, 1.807) is 6.07 Å². The van der Waals surface area contributed by atoms with Gasteiger partial charge in [-0.1, -0.05) is 24.3 Å². The molecule has 9 nitrogen and oxygen atoms in total. The minimum absolute atomic E-state index is 0.133. The van der Waals surface area contributed by atoms with Crippen molar-refractivity contribution in [3.63, 3.8) is 0 Å². The maximum atomic E-state index is 13.0. The molecule has 0 aliphatic carbocycles. The van der Waals surface area contributed by atoms with Crippen LogP contribution in [0.2, 0.25) is 0 Å². The summed E-state index contributed by atoms with van der Waals surface area (Å²) in [4.78, 5) is 15.6. The molecule has 0 saturated heterocycles. The van der Waals surface area contributed by atoms with Gasteiger partial charge in [-0.15, -0.1) is 0 Å². The molecular formula is C22H24N2O7S. The third-order valence-electron chi connectivity index (χ3n) is 5.00. The van der Waals surface area contributed by atoms with E-state index in [2.05, 4.69) is 4.98 Å². The summed E-state index contributed by atoms with van der Waals surface area (Å²) in [6.45, 7) is 0. The number of pyridine rings is 1. The van der Waals surface area contributed by atoms with Crippen LogP contribution in [0.25, 0.3) is 10.9 Å². The molecule has 0 fully saturated rings. The lowest BCUT2D eigenvalue weighted by molar-refractivity contribution is -0.158. The molecule has 2 aromatic carbocycles. The first-order valence-electron chi connectivity index (χ1n) is 9.63. The van der Waals surface area contributed by atoms with Gasteiger partial charge in [-0.25, -0.2) is 13.5 Å². The van der Waals surface area contributed by atoms with Crippen LogP contribution in [0.5, 0.6) is 5.75 Å². The first kappa shape index (κ1) is 23.6. The SMILES string of the molecule is COc1ccc([C@@H](CS(=O)(=O)Cc2cnc3ccccc3c2)N(O)C=O)cc1C(O)OC. The number of hydroxylamine groups is 2. The molecule has 2 atom stereocenters. The Kier molecular flexibility index (Phi) is 7.41. The number of carbonyl (C=O) groups excluding carboxylic acids is 1. The zero-order valence-corrected chi connectivity index (χ0v) is 18.4. The van der Waals surface area contributed by atoms with Crippen LogP contribution in [0.3, 0.4) is 0 Å². The Balaban J connectivity index is 1.91. The third-order valence-corrected chi connectivity index (χ3v) is 6.60. The molecule has 1 amide bonds. The summed E-state index contributed by atoms with van der Waals surface area (Å²) in [6.07, 6.45) is 0.286. The Morgan fingerprint density at radius 1 is 1.16 bits per heavy atom. The molecular weight excluding hydrogens is 436 g/mol. The fraction of sp³-hybridized carbons (Fsp3) is 0.273. The number of sulfone groups is 1. The third kappa shape index (κ3) is 5.40. The van der Waals surface area contributed by atoms with E-state index in [1.807, 2.05) is 24.3 Å². The van der Waals surface area contributed by atoms with Gasteiger partial charge < -0.3 is 14.6 Å². The molecule has 170 valence electrons. The van der Waals surface area contributed by atoms with Crippen molar-refractivity contribution in [1.29, 1.82) is 0 Å². The second-order valence-electron chi connectivity index (χ2n) is 7.18. The first-order chi connectivity index (χ1) is 15.3. The molecule has 2 N–H and O–H groups in total. The van der Waals surface area contributed by atoms with Gasteiger partial charge in [0.05, 0.1) is 30.2 Å². The summed E-state index contributed by atoms with van der Waals surface area (Å²) in [5.74, 6) is -0.565. The summed E-state index contributed by atoms with van der Waals surface area (Å²) >= 11 is 0. The van der Waals surface area contributed by atoms with Gasteiger partial charge in [0.1, 0.15) is 5.75 Å². The number of benzene rings is 2. The van der Waals surface area contributed by atoms with Crippen molar-refractivity contribution < 1.29 is 33.0 Å². The highest BCUT2D eigenvalue weighted by atomic mass is 32.2. The molecule has 32 heavy (non-hydrogen) atoms. The van der Waals surface area contributed by atoms with E-state index in [0.29, 0.717) is 16.4 Å². The highest BCUT2D eigenvalue weighted by molar-refractivity contribution is 7.90. The van der Waals surface area contributed by atoms with Crippen LogP contribution in [0.4, 0.5) is 0 Å². The molecule has 0 spiro atoms. The van der Waals surface area contributed by atoms with Gasteiger partial charge in [-0.2, -0.15) is 0 Å². The van der Waals surface area contributed by atoms with Crippen LogP contribution < -0.4 is 4.74 Å². The van der Waals surface area contributed by atoms with Crippen LogP contribution in [-0.4, -0.2) is 55.2 Å². The Morgan fingerprint density at radius 3 is 2.59 bits per heavy atom. The average Bonchev–Trinajstić information content (AvgIpc) is 2.80. The van der Waals surface area contributed by atoms with Gasteiger partial charge >= 0.3 is 0 Å². The molecule has 0 saturated carbocycles. The lowest BCUT2D eigenvalue weighted by Crippen LogP contribution is -2.30. The normalized spacial score (nSPS) is 13.5. The Labute approximate surface area is 185 Å². The van der Waals surface area contributed by atoms with E-state index in [4.69, 9.17) is 9.47 Å². The fourth-order valence-electron chi connectivity index (χ4n) is 3.43. The summed E-state index contributed by atoms with van der Waals surface area (Å²) in [5, 5.41) is 21.3. The number of nitrogens with zero attached hydrogens (tertiary/aromatic N) is 2. The number of methoxy groups -OCH3 is 2. The zero-order chi connectivity index (χ0) is 23.3. The predicted octanol–water partition coefficient (Wildman–Crippen LogP) is 2.38. The highest BCUT2D eigenvalue weighted by Crippen LogP contribution is 2.31. The number of carbonyl (C=O) groups is 1. The van der Waals surface area contributed by atoms with Crippen molar-refractivity contribution >= 4 is 27.2 Å². The molecule has 1 unspecified atom stereocenters. The van der Waals surface area contributed by atoms with Crippen molar-refractivity contribution in [2.75, 3.05) is 20.0 Å². The molecule has 3 aromatic rings. The number of aliphatic hydroxyl groups is 1. The van der Waals surface area contributed by atoms with Crippen molar-refractivity contribution in [1.82, 2.24) is 10.0 Å². The number of aliphatic hydroxyl groups excluding tert-OH is 1. The summed E-state index contributed by atoms with van der Waals surface area (Å²) in [7, 11) is -1.09. The minimum atomic E-state index is -3.79. The average molecular weight is 461 g/mol. The van der Waals surface area contributed by atoms with E-state index < -0.39 is 27.9 Å². The van der Waals surface area contributed by atoms with Gasteiger partial charge in [0.15, 0.2) is 16.1 Å². The van der Waals surface area contributed by atoms with Gasteiger partial charge in [0, 0.05) is 24.3 Å². The number of rotatable bonds is 10. The lowest BCUT2D eigenvalue weighted by atomic mass is 10.0. The smallest absolute Gasteiger partial charge is 0.233 e. The number of para-hydroxylation sites is 1. The van der Waals surface area contributed by atoms with Crippen molar-refractivity contribution in [3.8, 4) is 5.75 Å². The number of hydrogen-bond donors (Lipinski definition) is 2. The van der Waals surface area contributed by atoms with Crippen LogP contribution in [0.15, 0.2) is 54.7 Å². The molecule has 1 aromatic heterocycles. The van der Waals surface area contributed by atoms with Crippen molar-refractivity contribution in [2.24, 2.45) is 0 Å². The number of hydrogen-bond acceptors (Lipinski definition) is 8. The zero-order valence-electron chi connectivity index (χ0n) is 17.6. The van der Waals surface area contributed by atoms with E-state index in [9.17, 15) is 23.5 Å². The van der Waals surface area contributed by atoms with Crippen LogP contribution >= 0.6 is 0 Å². The molecule has 0 aliphatic rings. The van der Waals surface area contributed by atoms with Crippen LogP contribution in [0.1, 0.15) is 29.0 Å². The van der Waals surface area contributed by atoms with E-state index >= 15 is 0 Å². The van der Waals surface area contributed by atoms with E-state index in [-0.39, 0.29) is 23.3 Å². The maximum absolute atomic E-state index is 13.0. The second kappa shape index (κ2) is 10.0. The largest absolute Gasteiger partial charge is 0.496 e. The maximum Gasteiger partial charge on any atom is 0.233 e. The predicted molar refractivity (Wildman–Crippen MR) is 117 cm³/mol. The number of fused-ring (bicyclic) bond motifs is 1. The summed E-state index contributed by atoms with van der Waals surface area (Å²) in [6, 6.07) is 12.3. The van der Waals surface area contributed by atoms with Crippen molar-refractivity contribution in [3.05, 3.63) is 71.4 Å². The van der Waals surface area contributed by atoms with Gasteiger partial charge in [0.2, 0.25) is 6.41 Å². The summed E-state index contributed by atoms with van der Waals surface area (Å²) < 4.78 is 36.0. The van der Waals surface area contributed by atoms with Gasteiger partial charge in [-0.3, -0.25) is 15.0 Å². The highest BCUT2D eigenvalue weighted by Gasteiger charge is 2.27. The van der Waals surface area contributed by atoms with Gasteiger partial charge in [0.25, 0.3) is 0 Å². The number of aromatic nitrogens is 1. The Hall–Kier alpha value is -3.05. The van der Waals surface area contributed by atoms with Crippen molar-refractivity contribution in [2.45, 2.75) is 18.1 Å². The molecule has 3 rings (SSSR count). The first-order valence-corrected chi connectivity index (χ1v) is 11.5. The standard InChI is InChI=1S/C22H24N2O7S/c1-30-21-8-7-17(10-18(21)22(26)31-2)20(24(27)14-25)13-32(28,29)12-15-9-16-5-3-4-6-19(16)23-11-15/h3-11,14,20,22,26-27H,12-13H2,1-2H3/t20-,22?/m1/s1. The molecule has 10 heteroatoms. The molecule has 1 heterocycles. The summed E-state index contributed by atoms with van der Waals surface area (Å²) in [5.41, 5.74) is 1.75. The Bertz CT molecular complexity index is 1200. The van der Waals surface area contributed by atoms with Crippen LogP contribution in [-0.2, 0) is 25.1 Å². The quantitative estimate of drug-likeness (QED) is 0.204. The van der Waals surface area contributed by atoms with E-state index in [0.717, 1.165) is 10.9 Å².